The molecule has 0 saturated heterocycles. The Bertz CT molecular complexity index is 1230. The van der Waals surface area contributed by atoms with E-state index >= 15 is 0 Å². The minimum absolute atomic E-state index is 0.00303. The van der Waals surface area contributed by atoms with Gasteiger partial charge in [-0.15, -0.1) is 0 Å². The van der Waals surface area contributed by atoms with Crippen LogP contribution in [0.5, 0.6) is 0 Å². The van der Waals surface area contributed by atoms with Crippen LogP contribution in [-0.2, 0) is 0 Å². The Balaban J connectivity index is 2.00. The number of H-pyrrole nitrogens is 1. The summed E-state index contributed by atoms with van der Waals surface area (Å²) < 4.78 is 1.28. The van der Waals surface area contributed by atoms with Gasteiger partial charge in [0.15, 0.2) is 5.65 Å². The molecule has 0 aliphatic heterocycles. The lowest BCUT2D eigenvalue weighted by molar-refractivity contribution is 0.797. The van der Waals surface area contributed by atoms with E-state index in [0.29, 0.717) is 16.8 Å². The smallest absolute Gasteiger partial charge is 0.278 e. The Morgan fingerprint density at radius 2 is 1.74 bits per heavy atom. The van der Waals surface area contributed by atoms with Gasteiger partial charge < -0.3 is 4.98 Å². The molecule has 2 heterocycles. The van der Waals surface area contributed by atoms with E-state index < -0.39 is 0 Å². The van der Waals surface area contributed by atoms with Crippen molar-refractivity contribution < 1.29 is 0 Å². The molecule has 0 aliphatic carbocycles. The lowest BCUT2D eigenvalue weighted by Gasteiger charge is -2.14. The second-order valence-electron chi connectivity index (χ2n) is 6.75. The molecule has 0 fully saturated rings. The summed E-state index contributed by atoms with van der Waals surface area (Å²) in [6.07, 6.45) is 1.42. The minimum atomic E-state index is -0.194. The molecule has 0 aliphatic rings. The number of hydrogen-bond acceptors (Lipinski definition) is 3. The number of hydrogen-bond donors (Lipinski definition) is 1. The van der Waals surface area contributed by atoms with Crippen molar-refractivity contribution in [2.45, 2.75) is 19.8 Å². The molecule has 0 spiro atoms. The van der Waals surface area contributed by atoms with E-state index in [2.05, 4.69) is 34.4 Å². The molecule has 1 N–H and O–H groups in total. The second kappa shape index (κ2) is 6.58. The third-order valence-electron chi connectivity index (χ3n) is 4.66. The first-order valence-electron chi connectivity index (χ1n) is 8.80. The average Bonchev–Trinajstić information content (AvgIpc) is 3.12. The maximum absolute atomic E-state index is 13.0. The Labute approximate surface area is 156 Å². The molecule has 132 valence electrons. The fourth-order valence-corrected chi connectivity index (χ4v) is 3.36. The summed E-state index contributed by atoms with van der Waals surface area (Å²) in [6.45, 7) is 3.96. The van der Waals surface area contributed by atoms with Crippen LogP contribution >= 0.6 is 0 Å². The third kappa shape index (κ3) is 2.81. The number of aromatic amines is 1. The zero-order chi connectivity index (χ0) is 19.0. The van der Waals surface area contributed by atoms with Gasteiger partial charge in [-0.3, -0.25) is 4.79 Å². The van der Waals surface area contributed by atoms with Crippen LogP contribution in [0.2, 0.25) is 0 Å². The van der Waals surface area contributed by atoms with Gasteiger partial charge in [-0.2, -0.15) is 14.9 Å². The SMILES string of the molecule is CC(C)c1c(-c2cccc(-c3ccccc3)c2)[nH]c2c(C#N)cnn2c1=O. The first-order chi connectivity index (χ1) is 13.1. The zero-order valence-electron chi connectivity index (χ0n) is 15.1. The van der Waals surface area contributed by atoms with E-state index in [1.54, 1.807) is 0 Å². The van der Waals surface area contributed by atoms with Crippen LogP contribution in [0.3, 0.4) is 0 Å². The van der Waals surface area contributed by atoms with Gasteiger partial charge in [-0.1, -0.05) is 62.4 Å². The summed E-state index contributed by atoms with van der Waals surface area (Å²) in [5.74, 6) is 0.00303. The van der Waals surface area contributed by atoms with Gasteiger partial charge in [0.2, 0.25) is 0 Å². The molecule has 0 bridgehead atoms. The fourth-order valence-electron chi connectivity index (χ4n) is 3.36. The molecule has 2 aromatic heterocycles. The Kier molecular flexibility index (Phi) is 4.09. The van der Waals surface area contributed by atoms with Gasteiger partial charge in [0.05, 0.1) is 11.9 Å². The highest BCUT2D eigenvalue weighted by molar-refractivity contribution is 5.74. The van der Waals surface area contributed by atoms with E-state index in [4.69, 9.17) is 0 Å². The monoisotopic (exact) mass is 354 g/mol. The highest BCUT2D eigenvalue weighted by Gasteiger charge is 2.19. The molecule has 0 unspecified atom stereocenters. The largest absolute Gasteiger partial charge is 0.338 e. The van der Waals surface area contributed by atoms with Crippen LogP contribution < -0.4 is 5.56 Å². The molecule has 0 amide bonds. The number of benzene rings is 2. The van der Waals surface area contributed by atoms with Crippen molar-refractivity contribution in [1.82, 2.24) is 14.6 Å². The molecule has 4 aromatic rings. The molecule has 0 radical (unpaired) electrons. The predicted octanol–water partition coefficient (Wildman–Crippen LogP) is 4.35. The van der Waals surface area contributed by atoms with Crippen molar-refractivity contribution in [3.63, 3.8) is 0 Å². The van der Waals surface area contributed by atoms with Gasteiger partial charge in [-0.05, 0) is 28.7 Å². The van der Waals surface area contributed by atoms with E-state index in [1.165, 1.54) is 10.7 Å². The molecule has 5 nitrogen and oxygen atoms in total. The normalized spacial score (nSPS) is 11.0. The molecular formula is C22H18N4O. The predicted molar refractivity (Wildman–Crippen MR) is 105 cm³/mol. The van der Waals surface area contributed by atoms with Crippen LogP contribution in [0.25, 0.3) is 28.0 Å². The molecular weight excluding hydrogens is 336 g/mol. The number of nitrogens with one attached hydrogen (secondary N) is 1. The Morgan fingerprint density at radius 1 is 1.04 bits per heavy atom. The Hall–Kier alpha value is -3.65. The highest BCUT2D eigenvalue weighted by atomic mass is 16.1. The topological polar surface area (TPSA) is 73.9 Å². The number of fused-ring (bicyclic) bond motifs is 1. The van der Waals surface area contributed by atoms with Crippen molar-refractivity contribution in [2.24, 2.45) is 0 Å². The summed E-state index contributed by atoms with van der Waals surface area (Å²) in [5, 5.41) is 13.4. The molecule has 5 heteroatoms. The number of aromatic nitrogens is 3. The number of nitrogens with zero attached hydrogens (tertiary/aromatic N) is 3. The van der Waals surface area contributed by atoms with Crippen LogP contribution in [0.1, 0.15) is 30.9 Å². The number of rotatable bonds is 3. The standard InChI is InChI=1S/C22H18N4O/c1-14(2)19-20(25-21-18(12-23)13-24-26(21)22(19)27)17-10-6-9-16(11-17)15-7-4-3-5-8-15/h3-11,13-14,25H,1-2H3. The second-order valence-corrected chi connectivity index (χ2v) is 6.75. The lowest BCUT2D eigenvalue weighted by atomic mass is 9.95. The third-order valence-corrected chi connectivity index (χ3v) is 4.66. The van der Waals surface area contributed by atoms with Crippen LogP contribution in [0.4, 0.5) is 0 Å². The average molecular weight is 354 g/mol. The van der Waals surface area contributed by atoms with Crippen molar-refractivity contribution in [1.29, 1.82) is 5.26 Å². The van der Waals surface area contributed by atoms with Crippen molar-refractivity contribution in [2.75, 3.05) is 0 Å². The van der Waals surface area contributed by atoms with E-state index in [1.807, 2.05) is 50.2 Å². The van der Waals surface area contributed by atoms with Crippen molar-refractivity contribution >= 4 is 5.65 Å². The maximum Gasteiger partial charge on any atom is 0.278 e. The lowest BCUT2D eigenvalue weighted by Crippen LogP contribution is -2.22. The summed E-state index contributed by atoms with van der Waals surface area (Å²) in [6, 6.07) is 20.2. The van der Waals surface area contributed by atoms with Crippen molar-refractivity contribution in [3.05, 3.63) is 82.3 Å². The van der Waals surface area contributed by atoms with Gasteiger partial charge >= 0.3 is 0 Å². The van der Waals surface area contributed by atoms with Crippen LogP contribution in [0.15, 0.2) is 65.6 Å². The summed E-state index contributed by atoms with van der Waals surface area (Å²) in [7, 11) is 0. The van der Waals surface area contributed by atoms with Crippen molar-refractivity contribution in [3.8, 4) is 28.5 Å². The Morgan fingerprint density at radius 3 is 2.44 bits per heavy atom. The van der Waals surface area contributed by atoms with Crippen LogP contribution in [0, 0.1) is 11.3 Å². The fraction of sp³-hybridized carbons (Fsp3) is 0.136. The van der Waals surface area contributed by atoms with Gasteiger partial charge in [0.1, 0.15) is 11.6 Å². The molecule has 0 saturated carbocycles. The summed E-state index contributed by atoms with van der Waals surface area (Å²) in [4.78, 5) is 16.3. The van der Waals surface area contributed by atoms with Crippen LogP contribution in [-0.4, -0.2) is 14.6 Å². The molecule has 4 rings (SSSR count). The van der Waals surface area contributed by atoms with Gasteiger partial charge in [0.25, 0.3) is 5.56 Å². The van der Waals surface area contributed by atoms with E-state index in [9.17, 15) is 10.1 Å². The first kappa shape index (κ1) is 16.8. The molecule has 27 heavy (non-hydrogen) atoms. The van der Waals surface area contributed by atoms with E-state index in [-0.39, 0.29) is 11.5 Å². The molecule has 0 atom stereocenters. The maximum atomic E-state index is 13.0. The summed E-state index contributed by atoms with van der Waals surface area (Å²) in [5.41, 5.74) is 5.05. The van der Waals surface area contributed by atoms with E-state index in [0.717, 1.165) is 22.4 Å². The minimum Gasteiger partial charge on any atom is -0.338 e. The molecule has 2 aromatic carbocycles. The number of nitriles is 1. The quantitative estimate of drug-likeness (QED) is 0.594. The van der Waals surface area contributed by atoms with Gasteiger partial charge in [0, 0.05) is 5.56 Å². The van der Waals surface area contributed by atoms with Gasteiger partial charge in [-0.25, -0.2) is 0 Å². The summed E-state index contributed by atoms with van der Waals surface area (Å²) >= 11 is 0. The zero-order valence-corrected chi connectivity index (χ0v) is 15.1. The first-order valence-corrected chi connectivity index (χ1v) is 8.80. The highest BCUT2D eigenvalue weighted by Crippen LogP contribution is 2.29.